The highest BCUT2D eigenvalue weighted by Gasteiger charge is 2.20. The average Bonchev–Trinajstić information content (AvgIpc) is 3.26. The second kappa shape index (κ2) is 7.31. The van der Waals surface area contributed by atoms with Crippen molar-refractivity contribution in [2.45, 2.75) is 6.54 Å². The number of benzene rings is 1. The molecule has 0 bridgehead atoms. The van der Waals surface area contributed by atoms with Gasteiger partial charge in [-0.1, -0.05) is 41.7 Å². The molecule has 7 heteroatoms. The summed E-state index contributed by atoms with van der Waals surface area (Å²) in [6, 6.07) is 14.6. The Hall–Kier alpha value is -1.28. The highest BCUT2D eigenvalue weighted by molar-refractivity contribution is 9.11. The molecule has 1 aromatic carbocycles. The zero-order chi connectivity index (χ0) is 16.4. The first-order chi connectivity index (χ1) is 11.8. The number of aromatic nitrogens is 2. The van der Waals surface area contributed by atoms with Gasteiger partial charge < -0.3 is 4.90 Å². The fourth-order valence-corrected chi connectivity index (χ4v) is 5.22. The lowest BCUT2D eigenvalue weighted by atomic mass is 10.2. The molecule has 0 aliphatic carbocycles. The number of halogens is 1. The van der Waals surface area contributed by atoms with E-state index >= 15 is 0 Å². The van der Waals surface area contributed by atoms with Crippen molar-refractivity contribution in [3.63, 3.8) is 0 Å². The molecule has 3 aromatic rings. The second-order valence-corrected chi connectivity index (χ2v) is 9.23. The summed E-state index contributed by atoms with van der Waals surface area (Å²) in [5.74, 6) is 0. The Labute approximate surface area is 157 Å². The normalized spacial score (nSPS) is 15.8. The molecule has 0 radical (unpaired) electrons. The Balaban J connectivity index is 1.37. The molecule has 3 heterocycles. The summed E-state index contributed by atoms with van der Waals surface area (Å²) < 4.78 is 1.21. The van der Waals surface area contributed by atoms with E-state index < -0.39 is 0 Å². The number of piperazine rings is 1. The van der Waals surface area contributed by atoms with Crippen molar-refractivity contribution < 1.29 is 0 Å². The van der Waals surface area contributed by atoms with Crippen molar-refractivity contribution in [1.82, 2.24) is 15.1 Å². The minimum absolute atomic E-state index is 0.997. The summed E-state index contributed by atoms with van der Waals surface area (Å²) in [4.78, 5) is 6.27. The van der Waals surface area contributed by atoms with Gasteiger partial charge in [-0.3, -0.25) is 4.90 Å². The smallest absolute Gasteiger partial charge is 0.208 e. The van der Waals surface area contributed by atoms with E-state index in [1.54, 1.807) is 11.3 Å². The molecule has 124 valence electrons. The minimum Gasteiger partial charge on any atom is -0.344 e. The van der Waals surface area contributed by atoms with E-state index in [1.165, 1.54) is 8.66 Å². The van der Waals surface area contributed by atoms with Gasteiger partial charge in [0.25, 0.3) is 0 Å². The lowest BCUT2D eigenvalue weighted by molar-refractivity contribution is 0.252. The van der Waals surface area contributed by atoms with Crippen LogP contribution in [0.5, 0.6) is 0 Å². The number of hydrogen-bond donors (Lipinski definition) is 0. The standard InChI is InChI=1S/C17H17BrN4S2/c18-15-7-6-14(23-15)12-21-8-10-22(11-9-21)17-20-19-16(24-17)13-4-2-1-3-5-13/h1-7H,8-12H2. The third-order valence-corrected chi connectivity index (χ3v) is 6.73. The van der Waals surface area contributed by atoms with Crippen LogP contribution in [0.25, 0.3) is 10.6 Å². The van der Waals surface area contributed by atoms with Gasteiger partial charge in [0.15, 0.2) is 0 Å². The van der Waals surface area contributed by atoms with Crippen molar-refractivity contribution in [2.24, 2.45) is 0 Å². The molecule has 2 aromatic heterocycles. The zero-order valence-electron chi connectivity index (χ0n) is 13.1. The molecule has 1 aliphatic rings. The molecule has 4 rings (SSSR count). The van der Waals surface area contributed by atoms with Crippen molar-refractivity contribution in [2.75, 3.05) is 31.1 Å². The lowest BCUT2D eigenvalue weighted by Crippen LogP contribution is -2.45. The molecule has 0 spiro atoms. The minimum atomic E-state index is 0.997. The van der Waals surface area contributed by atoms with Crippen molar-refractivity contribution in [3.8, 4) is 10.6 Å². The SMILES string of the molecule is Brc1ccc(CN2CCN(c3nnc(-c4ccccc4)s3)CC2)s1. The molecule has 1 fully saturated rings. The Morgan fingerprint density at radius 2 is 1.71 bits per heavy atom. The van der Waals surface area contributed by atoms with Gasteiger partial charge >= 0.3 is 0 Å². The van der Waals surface area contributed by atoms with Crippen LogP contribution < -0.4 is 4.90 Å². The molecule has 0 saturated carbocycles. The summed E-state index contributed by atoms with van der Waals surface area (Å²) in [6.45, 7) is 5.19. The molecule has 4 nitrogen and oxygen atoms in total. The molecule has 0 unspecified atom stereocenters. The largest absolute Gasteiger partial charge is 0.344 e. The van der Waals surface area contributed by atoms with Gasteiger partial charge in [-0.15, -0.1) is 21.5 Å². The molecule has 0 atom stereocenters. The van der Waals surface area contributed by atoms with Gasteiger partial charge in [-0.25, -0.2) is 0 Å². The molecular formula is C17H17BrN4S2. The maximum Gasteiger partial charge on any atom is 0.208 e. The summed E-state index contributed by atoms with van der Waals surface area (Å²) in [5, 5.41) is 10.8. The monoisotopic (exact) mass is 420 g/mol. The summed E-state index contributed by atoms with van der Waals surface area (Å²) >= 11 is 7.04. The summed E-state index contributed by atoms with van der Waals surface area (Å²) in [5.41, 5.74) is 1.14. The average molecular weight is 421 g/mol. The first-order valence-electron chi connectivity index (χ1n) is 7.88. The fourth-order valence-electron chi connectivity index (χ4n) is 2.80. The fraction of sp³-hybridized carbons (Fsp3) is 0.294. The maximum atomic E-state index is 4.40. The topological polar surface area (TPSA) is 32.3 Å². The van der Waals surface area contributed by atoms with E-state index in [0.717, 1.165) is 48.4 Å². The van der Waals surface area contributed by atoms with E-state index in [9.17, 15) is 0 Å². The molecule has 1 saturated heterocycles. The Morgan fingerprint density at radius 1 is 0.917 bits per heavy atom. The van der Waals surface area contributed by atoms with Crippen LogP contribution in [-0.2, 0) is 6.54 Å². The van der Waals surface area contributed by atoms with Gasteiger partial charge in [0, 0.05) is 43.2 Å². The van der Waals surface area contributed by atoms with E-state index in [2.05, 4.69) is 60.2 Å². The maximum absolute atomic E-state index is 4.40. The van der Waals surface area contributed by atoms with E-state index in [0.29, 0.717) is 0 Å². The van der Waals surface area contributed by atoms with Crippen molar-refractivity contribution in [1.29, 1.82) is 0 Å². The first kappa shape index (κ1) is 16.2. The number of thiophene rings is 1. The van der Waals surface area contributed by atoms with Crippen LogP contribution in [0.3, 0.4) is 0 Å². The lowest BCUT2D eigenvalue weighted by Gasteiger charge is -2.33. The van der Waals surface area contributed by atoms with E-state index in [1.807, 2.05) is 29.5 Å². The molecule has 24 heavy (non-hydrogen) atoms. The first-order valence-corrected chi connectivity index (χ1v) is 10.3. The number of nitrogens with zero attached hydrogens (tertiary/aromatic N) is 4. The third kappa shape index (κ3) is 3.69. The number of anilines is 1. The second-order valence-electron chi connectivity index (χ2n) is 5.72. The zero-order valence-corrected chi connectivity index (χ0v) is 16.3. The van der Waals surface area contributed by atoms with Crippen LogP contribution in [-0.4, -0.2) is 41.3 Å². The molecule has 0 amide bonds. The Kier molecular flexibility index (Phi) is 4.93. The third-order valence-electron chi connectivity index (χ3n) is 4.09. The van der Waals surface area contributed by atoms with Crippen LogP contribution in [0, 0.1) is 0 Å². The highest BCUT2D eigenvalue weighted by Crippen LogP contribution is 2.29. The molecule has 0 N–H and O–H groups in total. The van der Waals surface area contributed by atoms with Gasteiger partial charge in [0.05, 0.1) is 3.79 Å². The van der Waals surface area contributed by atoms with Crippen molar-refractivity contribution >= 4 is 43.7 Å². The number of hydrogen-bond acceptors (Lipinski definition) is 6. The van der Waals surface area contributed by atoms with Gasteiger partial charge in [-0.05, 0) is 28.1 Å². The van der Waals surface area contributed by atoms with Gasteiger partial charge in [0.1, 0.15) is 5.01 Å². The predicted octanol–water partition coefficient (Wildman–Crippen LogP) is 4.35. The Morgan fingerprint density at radius 3 is 2.42 bits per heavy atom. The van der Waals surface area contributed by atoms with Gasteiger partial charge in [0.2, 0.25) is 5.13 Å². The summed E-state index contributed by atoms with van der Waals surface area (Å²) in [7, 11) is 0. The molecule has 1 aliphatic heterocycles. The number of rotatable bonds is 4. The van der Waals surface area contributed by atoms with E-state index in [4.69, 9.17) is 0 Å². The summed E-state index contributed by atoms with van der Waals surface area (Å²) in [6.07, 6.45) is 0. The van der Waals surface area contributed by atoms with Crippen LogP contribution in [0.15, 0.2) is 46.3 Å². The molecular weight excluding hydrogens is 404 g/mol. The quantitative estimate of drug-likeness (QED) is 0.627. The predicted molar refractivity (Wildman–Crippen MR) is 105 cm³/mol. The van der Waals surface area contributed by atoms with E-state index in [-0.39, 0.29) is 0 Å². The van der Waals surface area contributed by atoms with Crippen LogP contribution in [0.4, 0.5) is 5.13 Å². The highest BCUT2D eigenvalue weighted by atomic mass is 79.9. The van der Waals surface area contributed by atoms with Crippen LogP contribution in [0.1, 0.15) is 4.88 Å². The van der Waals surface area contributed by atoms with Gasteiger partial charge in [-0.2, -0.15) is 0 Å². The Bertz CT molecular complexity index is 794. The van der Waals surface area contributed by atoms with Crippen LogP contribution in [0.2, 0.25) is 0 Å². The van der Waals surface area contributed by atoms with Crippen LogP contribution >= 0.6 is 38.6 Å². The van der Waals surface area contributed by atoms with Crippen molar-refractivity contribution in [3.05, 3.63) is 51.1 Å².